The lowest BCUT2D eigenvalue weighted by Crippen LogP contribution is -2.40. The maximum Gasteiger partial charge on any atom is 0.0767 e. The average molecular weight is 244 g/mol. The maximum atomic E-state index is 10.1. The molecule has 0 aliphatic carbocycles. The third kappa shape index (κ3) is 4.92. The molecule has 1 aliphatic rings. The van der Waals surface area contributed by atoms with Crippen LogP contribution in [-0.2, 0) is 4.74 Å². The number of nitrogens with two attached hydrogens (primary N) is 1. The summed E-state index contributed by atoms with van der Waals surface area (Å²) in [6.07, 6.45) is 4.81. The number of aliphatic hydroxyl groups is 1. The van der Waals surface area contributed by atoms with E-state index in [1.165, 1.54) is 0 Å². The highest BCUT2D eigenvalue weighted by molar-refractivity contribution is 4.79. The van der Waals surface area contributed by atoms with Gasteiger partial charge in [-0.05, 0) is 45.7 Å². The van der Waals surface area contributed by atoms with Crippen molar-refractivity contribution in [3.05, 3.63) is 0 Å². The lowest BCUT2D eigenvalue weighted by Gasteiger charge is -2.32. The fraction of sp³-hybridized carbons (Fsp3) is 1.00. The number of hydrogen-bond acceptors (Lipinski definition) is 4. The zero-order valence-electron chi connectivity index (χ0n) is 11.3. The van der Waals surface area contributed by atoms with Crippen LogP contribution in [0.25, 0.3) is 0 Å². The van der Waals surface area contributed by atoms with Gasteiger partial charge in [-0.25, -0.2) is 0 Å². The molecule has 0 aromatic carbocycles. The predicted molar refractivity (Wildman–Crippen MR) is 70.0 cm³/mol. The van der Waals surface area contributed by atoms with Gasteiger partial charge in [0.05, 0.1) is 5.60 Å². The largest absolute Gasteiger partial charge is 0.389 e. The Labute approximate surface area is 105 Å². The van der Waals surface area contributed by atoms with E-state index in [-0.39, 0.29) is 0 Å². The van der Waals surface area contributed by atoms with E-state index in [0.717, 1.165) is 51.9 Å². The second-order valence-corrected chi connectivity index (χ2v) is 5.21. The van der Waals surface area contributed by atoms with Crippen molar-refractivity contribution in [2.75, 3.05) is 33.4 Å². The minimum Gasteiger partial charge on any atom is -0.389 e. The zero-order valence-corrected chi connectivity index (χ0v) is 11.3. The molecule has 102 valence electrons. The van der Waals surface area contributed by atoms with Crippen LogP contribution in [0.4, 0.5) is 0 Å². The van der Waals surface area contributed by atoms with Crippen LogP contribution in [0, 0.1) is 0 Å². The summed E-state index contributed by atoms with van der Waals surface area (Å²) in [5.74, 6) is 0. The smallest absolute Gasteiger partial charge is 0.0767 e. The molecular weight excluding hydrogens is 216 g/mol. The van der Waals surface area contributed by atoms with Gasteiger partial charge in [0, 0.05) is 25.8 Å². The van der Waals surface area contributed by atoms with Crippen LogP contribution < -0.4 is 5.73 Å². The molecule has 17 heavy (non-hydrogen) atoms. The van der Waals surface area contributed by atoms with Crippen LogP contribution in [0.2, 0.25) is 0 Å². The monoisotopic (exact) mass is 244 g/mol. The van der Waals surface area contributed by atoms with Gasteiger partial charge in [0.15, 0.2) is 0 Å². The van der Waals surface area contributed by atoms with Gasteiger partial charge < -0.3 is 20.5 Å². The summed E-state index contributed by atoms with van der Waals surface area (Å²) in [7, 11) is 2.17. The second-order valence-electron chi connectivity index (χ2n) is 5.21. The van der Waals surface area contributed by atoms with Crippen molar-refractivity contribution in [3.63, 3.8) is 0 Å². The van der Waals surface area contributed by atoms with Gasteiger partial charge in [-0.3, -0.25) is 0 Å². The van der Waals surface area contributed by atoms with Crippen molar-refractivity contribution in [3.8, 4) is 0 Å². The quantitative estimate of drug-likeness (QED) is 0.701. The van der Waals surface area contributed by atoms with Crippen LogP contribution in [0.3, 0.4) is 0 Å². The molecule has 0 saturated carbocycles. The summed E-state index contributed by atoms with van der Waals surface area (Å²) in [6.45, 7) is 5.17. The molecule has 1 aliphatic heterocycles. The fourth-order valence-corrected chi connectivity index (χ4v) is 2.39. The Hall–Kier alpha value is -0.160. The van der Waals surface area contributed by atoms with Gasteiger partial charge in [-0.2, -0.15) is 0 Å². The first kappa shape index (κ1) is 14.9. The Kier molecular flexibility index (Phi) is 6.41. The molecule has 1 unspecified atom stereocenters. The Morgan fingerprint density at radius 2 is 2.06 bits per heavy atom. The van der Waals surface area contributed by atoms with Crippen molar-refractivity contribution in [2.45, 2.75) is 50.7 Å². The van der Waals surface area contributed by atoms with Crippen LogP contribution in [0.1, 0.15) is 39.0 Å². The van der Waals surface area contributed by atoms with E-state index in [1.807, 2.05) is 6.92 Å². The molecule has 0 amide bonds. The van der Waals surface area contributed by atoms with Crippen LogP contribution in [0.5, 0.6) is 0 Å². The Bertz CT molecular complexity index is 202. The minimum absolute atomic E-state index is 0.366. The first-order chi connectivity index (χ1) is 8.11. The first-order valence-corrected chi connectivity index (χ1v) is 6.82. The number of hydrogen-bond donors (Lipinski definition) is 2. The van der Waals surface area contributed by atoms with Gasteiger partial charge in [-0.1, -0.05) is 6.92 Å². The zero-order chi connectivity index (χ0) is 12.7. The molecule has 0 aromatic rings. The van der Waals surface area contributed by atoms with Crippen molar-refractivity contribution in [2.24, 2.45) is 5.73 Å². The van der Waals surface area contributed by atoms with Gasteiger partial charge >= 0.3 is 0 Å². The highest BCUT2D eigenvalue weighted by Gasteiger charge is 2.23. The highest BCUT2D eigenvalue weighted by atomic mass is 16.5. The molecule has 0 aromatic heterocycles. The molecule has 1 saturated heterocycles. The normalized spacial score (nSPS) is 21.7. The second kappa shape index (κ2) is 7.31. The molecule has 3 N–H and O–H groups in total. The molecule has 1 fully saturated rings. The first-order valence-electron chi connectivity index (χ1n) is 6.82. The topological polar surface area (TPSA) is 58.7 Å². The third-order valence-corrected chi connectivity index (χ3v) is 4.01. The predicted octanol–water partition coefficient (Wildman–Crippen LogP) is 0.977. The molecule has 0 spiro atoms. The Morgan fingerprint density at radius 1 is 1.41 bits per heavy atom. The SMILES string of the molecule is CCC(O)(CN)CCCN(C)C1CCOCC1. The standard InChI is InChI=1S/C13H28N2O2/c1-3-13(16,11-14)7-4-8-15(2)12-5-9-17-10-6-12/h12,16H,3-11,14H2,1-2H3. The molecule has 0 bridgehead atoms. The summed E-state index contributed by atoms with van der Waals surface area (Å²) < 4.78 is 5.36. The van der Waals surface area contributed by atoms with Crippen molar-refractivity contribution < 1.29 is 9.84 Å². The van der Waals surface area contributed by atoms with Crippen LogP contribution >= 0.6 is 0 Å². The highest BCUT2D eigenvalue weighted by Crippen LogP contribution is 2.18. The summed E-state index contributed by atoms with van der Waals surface area (Å²) in [4.78, 5) is 2.40. The lowest BCUT2D eigenvalue weighted by atomic mass is 9.94. The molecule has 4 nitrogen and oxygen atoms in total. The van der Waals surface area contributed by atoms with Gasteiger partial charge in [0.1, 0.15) is 0 Å². The molecule has 1 rings (SSSR count). The molecular formula is C13H28N2O2. The van der Waals surface area contributed by atoms with Crippen molar-refractivity contribution in [1.82, 2.24) is 4.90 Å². The summed E-state index contributed by atoms with van der Waals surface area (Å²) >= 11 is 0. The van der Waals surface area contributed by atoms with Crippen molar-refractivity contribution in [1.29, 1.82) is 0 Å². The molecule has 1 heterocycles. The van der Waals surface area contributed by atoms with E-state index in [2.05, 4.69) is 11.9 Å². The number of nitrogens with zero attached hydrogens (tertiary/aromatic N) is 1. The van der Waals surface area contributed by atoms with E-state index in [0.29, 0.717) is 12.6 Å². The van der Waals surface area contributed by atoms with E-state index in [9.17, 15) is 5.11 Å². The summed E-state index contributed by atoms with van der Waals surface area (Å²) in [5, 5.41) is 10.1. The molecule has 0 radical (unpaired) electrons. The van der Waals surface area contributed by atoms with Gasteiger partial charge in [0.25, 0.3) is 0 Å². The molecule has 1 atom stereocenters. The number of rotatable bonds is 7. The van der Waals surface area contributed by atoms with Crippen molar-refractivity contribution >= 4 is 0 Å². The van der Waals surface area contributed by atoms with Crippen LogP contribution in [-0.4, -0.2) is 55.0 Å². The van der Waals surface area contributed by atoms with E-state index < -0.39 is 5.60 Å². The summed E-state index contributed by atoms with van der Waals surface area (Å²) in [5.41, 5.74) is 4.94. The molecule has 4 heteroatoms. The number of ether oxygens (including phenoxy) is 1. The van der Waals surface area contributed by atoms with Crippen LogP contribution in [0.15, 0.2) is 0 Å². The fourth-order valence-electron chi connectivity index (χ4n) is 2.39. The Morgan fingerprint density at radius 3 is 2.59 bits per heavy atom. The van der Waals surface area contributed by atoms with E-state index in [1.54, 1.807) is 0 Å². The Balaban J connectivity index is 2.20. The van der Waals surface area contributed by atoms with E-state index in [4.69, 9.17) is 10.5 Å². The summed E-state index contributed by atoms with van der Waals surface area (Å²) in [6, 6.07) is 0.649. The van der Waals surface area contributed by atoms with Gasteiger partial charge in [-0.15, -0.1) is 0 Å². The lowest BCUT2D eigenvalue weighted by molar-refractivity contribution is 0.0224. The maximum absolute atomic E-state index is 10.1. The minimum atomic E-state index is -0.656. The van der Waals surface area contributed by atoms with E-state index >= 15 is 0 Å². The third-order valence-electron chi connectivity index (χ3n) is 4.01. The van der Waals surface area contributed by atoms with Gasteiger partial charge in [0.2, 0.25) is 0 Å². The average Bonchev–Trinajstić information content (AvgIpc) is 2.39.